The number of urea groups is 1. The molecule has 168 valence electrons. The Morgan fingerprint density at radius 1 is 1.44 bits per heavy atom. The first-order valence-corrected chi connectivity index (χ1v) is 10.6. The normalized spacial score (nSPS) is 19.0. The van der Waals surface area contributed by atoms with E-state index in [1.165, 1.54) is 12.1 Å². The number of aliphatic hydroxyl groups excluding tert-OH is 1. The van der Waals surface area contributed by atoms with Crippen LogP contribution in [0.15, 0.2) is 18.2 Å². The van der Waals surface area contributed by atoms with Gasteiger partial charge in [-0.3, -0.25) is 9.48 Å². The van der Waals surface area contributed by atoms with E-state index in [0.29, 0.717) is 49.4 Å². The van der Waals surface area contributed by atoms with Crippen molar-refractivity contribution in [3.8, 4) is 6.07 Å². The highest BCUT2D eigenvalue weighted by Crippen LogP contribution is 2.28. The standard InChI is InChI=1S/C22H25FN6O3/c1-3-19(30)14-10-27(2)21(31)20-16-12-28(7-6-18(16)26-29(20)11-14)22(32)25-15-4-5-17(23)13(8-15)9-24/h4-5,8,14,19,30H,3,6-7,10-12H2,1-2H3,(H,25,32)/t14-,19+/m1/s1. The Hall–Kier alpha value is -3.45. The van der Waals surface area contributed by atoms with Gasteiger partial charge in [0.25, 0.3) is 5.91 Å². The molecule has 32 heavy (non-hydrogen) atoms. The van der Waals surface area contributed by atoms with Crippen LogP contribution >= 0.6 is 0 Å². The Kier molecular flexibility index (Phi) is 5.84. The first-order chi connectivity index (χ1) is 15.3. The third-order valence-corrected chi connectivity index (χ3v) is 6.15. The first-order valence-electron chi connectivity index (χ1n) is 10.6. The number of nitrogens with zero attached hydrogens (tertiary/aromatic N) is 5. The molecule has 1 aromatic heterocycles. The van der Waals surface area contributed by atoms with Gasteiger partial charge in [0.2, 0.25) is 0 Å². The van der Waals surface area contributed by atoms with Gasteiger partial charge >= 0.3 is 6.03 Å². The summed E-state index contributed by atoms with van der Waals surface area (Å²) < 4.78 is 15.2. The van der Waals surface area contributed by atoms with E-state index >= 15 is 0 Å². The molecule has 2 aliphatic rings. The van der Waals surface area contributed by atoms with Crippen molar-refractivity contribution >= 4 is 17.6 Å². The van der Waals surface area contributed by atoms with E-state index in [2.05, 4.69) is 10.4 Å². The maximum atomic E-state index is 13.5. The summed E-state index contributed by atoms with van der Waals surface area (Å²) in [6.45, 7) is 3.40. The fourth-order valence-electron chi connectivity index (χ4n) is 4.33. The number of nitriles is 1. The molecule has 2 aliphatic heterocycles. The fraction of sp³-hybridized carbons (Fsp3) is 0.455. The quantitative estimate of drug-likeness (QED) is 0.757. The molecule has 2 N–H and O–H groups in total. The predicted molar refractivity (Wildman–Crippen MR) is 113 cm³/mol. The lowest BCUT2D eigenvalue weighted by Crippen LogP contribution is -2.40. The molecule has 0 saturated carbocycles. The number of carbonyl (C=O) groups is 2. The molecular weight excluding hydrogens is 415 g/mol. The minimum atomic E-state index is -0.648. The lowest BCUT2D eigenvalue weighted by atomic mass is 10.0. The molecule has 10 heteroatoms. The number of carbonyl (C=O) groups excluding carboxylic acids is 2. The highest BCUT2D eigenvalue weighted by atomic mass is 19.1. The Morgan fingerprint density at radius 3 is 2.94 bits per heavy atom. The summed E-state index contributed by atoms with van der Waals surface area (Å²) in [4.78, 5) is 29.1. The van der Waals surface area contributed by atoms with Crippen LogP contribution in [0.1, 0.15) is 40.7 Å². The average Bonchev–Trinajstić information content (AvgIpc) is 3.09. The van der Waals surface area contributed by atoms with Gasteiger partial charge in [0, 0.05) is 50.3 Å². The van der Waals surface area contributed by atoms with Gasteiger partial charge < -0.3 is 20.2 Å². The Bertz CT molecular complexity index is 1110. The van der Waals surface area contributed by atoms with E-state index in [0.717, 1.165) is 11.8 Å². The van der Waals surface area contributed by atoms with Crippen LogP contribution in [0.4, 0.5) is 14.9 Å². The van der Waals surface area contributed by atoms with Gasteiger partial charge in [-0.2, -0.15) is 10.4 Å². The Labute approximate surface area is 185 Å². The summed E-state index contributed by atoms with van der Waals surface area (Å²) in [6.07, 6.45) is 0.551. The minimum absolute atomic E-state index is 0.122. The molecule has 1 aromatic carbocycles. The summed E-state index contributed by atoms with van der Waals surface area (Å²) in [5.41, 5.74) is 2.12. The number of rotatable bonds is 3. The van der Waals surface area contributed by atoms with Crippen molar-refractivity contribution in [3.63, 3.8) is 0 Å². The summed E-state index contributed by atoms with van der Waals surface area (Å²) in [6, 6.07) is 5.16. The largest absolute Gasteiger partial charge is 0.393 e. The molecule has 0 aliphatic carbocycles. The van der Waals surface area contributed by atoms with Gasteiger partial charge in [0.15, 0.2) is 0 Å². The third-order valence-electron chi connectivity index (χ3n) is 6.15. The molecule has 0 spiro atoms. The van der Waals surface area contributed by atoms with Crippen LogP contribution in [0, 0.1) is 23.1 Å². The van der Waals surface area contributed by atoms with Crippen LogP contribution in [-0.4, -0.2) is 62.9 Å². The molecule has 2 aromatic rings. The van der Waals surface area contributed by atoms with E-state index in [1.54, 1.807) is 27.6 Å². The van der Waals surface area contributed by atoms with Crippen LogP contribution < -0.4 is 5.32 Å². The smallest absolute Gasteiger partial charge is 0.322 e. The Balaban J connectivity index is 1.57. The van der Waals surface area contributed by atoms with Crippen molar-refractivity contribution in [2.75, 3.05) is 25.5 Å². The second-order valence-electron chi connectivity index (χ2n) is 8.29. The zero-order valence-corrected chi connectivity index (χ0v) is 18.0. The number of anilines is 1. The van der Waals surface area contributed by atoms with E-state index in [1.807, 2.05) is 6.92 Å². The van der Waals surface area contributed by atoms with Crippen molar-refractivity contribution in [1.82, 2.24) is 19.6 Å². The maximum absolute atomic E-state index is 13.5. The molecule has 3 amide bonds. The van der Waals surface area contributed by atoms with Gasteiger partial charge in [-0.1, -0.05) is 6.92 Å². The predicted octanol–water partition coefficient (Wildman–Crippen LogP) is 1.96. The van der Waals surface area contributed by atoms with Crippen LogP contribution in [0.5, 0.6) is 0 Å². The molecule has 0 radical (unpaired) electrons. The number of hydrogen-bond donors (Lipinski definition) is 2. The minimum Gasteiger partial charge on any atom is -0.393 e. The molecule has 0 saturated heterocycles. The molecule has 9 nitrogen and oxygen atoms in total. The number of nitrogens with one attached hydrogen (secondary N) is 1. The number of amides is 3. The average molecular weight is 440 g/mol. The van der Waals surface area contributed by atoms with Gasteiger partial charge in [-0.25, -0.2) is 9.18 Å². The topological polar surface area (TPSA) is 114 Å². The number of fused-ring (bicyclic) bond motifs is 3. The SMILES string of the molecule is CC[C@H](O)[C@@H]1CN(C)C(=O)c2c3c(nn2C1)CCN(C(=O)Nc1ccc(F)c(C#N)c1)C3. The van der Waals surface area contributed by atoms with E-state index < -0.39 is 18.0 Å². The molecule has 3 heterocycles. The van der Waals surface area contributed by atoms with Gasteiger partial charge in [-0.05, 0) is 24.6 Å². The Morgan fingerprint density at radius 2 is 2.22 bits per heavy atom. The maximum Gasteiger partial charge on any atom is 0.322 e. The number of aromatic nitrogens is 2. The summed E-state index contributed by atoms with van der Waals surface area (Å²) in [7, 11) is 1.71. The van der Waals surface area contributed by atoms with Crippen LogP contribution in [-0.2, 0) is 19.5 Å². The molecule has 0 fully saturated rings. The van der Waals surface area contributed by atoms with Crippen LogP contribution in [0.2, 0.25) is 0 Å². The summed E-state index contributed by atoms with van der Waals surface area (Å²) in [5, 5.41) is 26.7. The van der Waals surface area contributed by atoms with E-state index in [-0.39, 0.29) is 23.9 Å². The van der Waals surface area contributed by atoms with E-state index in [4.69, 9.17) is 5.26 Å². The van der Waals surface area contributed by atoms with Crippen molar-refractivity contribution in [1.29, 1.82) is 5.26 Å². The van der Waals surface area contributed by atoms with Gasteiger partial charge in [0.05, 0.1) is 23.9 Å². The molecule has 2 atom stereocenters. The highest BCUT2D eigenvalue weighted by Gasteiger charge is 2.36. The van der Waals surface area contributed by atoms with E-state index in [9.17, 15) is 19.1 Å². The number of aliphatic hydroxyl groups is 1. The molecule has 0 unspecified atom stereocenters. The van der Waals surface area contributed by atoms with Crippen molar-refractivity contribution in [2.24, 2.45) is 5.92 Å². The fourth-order valence-corrected chi connectivity index (χ4v) is 4.33. The molecule has 0 bridgehead atoms. The molecular formula is C22H25FN6O3. The second-order valence-corrected chi connectivity index (χ2v) is 8.29. The highest BCUT2D eigenvalue weighted by molar-refractivity contribution is 5.95. The monoisotopic (exact) mass is 440 g/mol. The second kappa shape index (κ2) is 8.59. The third kappa shape index (κ3) is 3.91. The number of hydrogen-bond acceptors (Lipinski definition) is 5. The van der Waals surface area contributed by atoms with Crippen molar-refractivity contribution < 1.29 is 19.1 Å². The van der Waals surface area contributed by atoms with Crippen LogP contribution in [0.25, 0.3) is 0 Å². The number of halogens is 1. The zero-order valence-electron chi connectivity index (χ0n) is 18.0. The van der Waals surface area contributed by atoms with Crippen LogP contribution in [0.3, 0.4) is 0 Å². The molecule has 4 rings (SSSR count). The van der Waals surface area contributed by atoms with Gasteiger partial charge in [-0.15, -0.1) is 0 Å². The number of benzene rings is 1. The van der Waals surface area contributed by atoms with Gasteiger partial charge in [0.1, 0.15) is 17.6 Å². The summed E-state index contributed by atoms with van der Waals surface area (Å²) in [5.74, 6) is -0.947. The van der Waals surface area contributed by atoms with Crippen molar-refractivity contribution in [3.05, 3.63) is 46.5 Å². The zero-order chi connectivity index (χ0) is 23.0. The lowest BCUT2D eigenvalue weighted by Gasteiger charge is -2.27. The first kappa shape index (κ1) is 21.8. The summed E-state index contributed by atoms with van der Waals surface area (Å²) >= 11 is 0. The lowest BCUT2D eigenvalue weighted by molar-refractivity contribution is 0.0626. The van der Waals surface area contributed by atoms with Crippen molar-refractivity contribution in [2.45, 2.75) is 39.0 Å².